The van der Waals surface area contributed by atoms with Gasteiger partial charge < -0.3 is 15.0 Å². The number of hydrogen-bond donors (Lipinski definition) is 1. The summed E-state index contributed by atoms with van der Waals surface area (Å²) in [6.45, 7) is 9.80. The Balaban J connectivity index is 2.41. The fourth-order valence-corrected chi connectivity index (χ4v) is 5.07. The average molecular weight is 487 g/mol. The molecule has 0 saturated heterocycles. The highest BCUT2D eigenvalue weighted by atomic mass is 16.5. The maximum atomic E-state index is 14.0. The van der Waals surface area contributed by atoms with Crippen molar-refractivity contribution in [3.8, 4) is 0 Å². The minimum absolute atomic E-state index is 0.138. The molecule has 0 bridgehead atoms. The van der Waals surface area contributed by atoms with Gasteiger partial charge in [0.05, 0.1) is 6.61 Å². The number of unbranched alkanes of at least 4 members (excludes halogenated alkanes) is 1. The van der Waals surface area contributed by atoms with Crippen LogP contribution < -0.4 is 5.32 Å². The number of nitrogens with one attached hydrogen (secondary N) is 1. The van der Waals surface area contributed by atoms with Crippen LogP contribution >= 0.6 is 0 Å². The number of amides is 2. The minimum Gasteiger partial charge on any atom is -0.464 e. The van der Waals surface area contributed by atoms with Crippen LogP contribution in [0.4, 0.5) is 0 Å². The van der Waals surface area contributed by atoms with Gasteiger partial charge in [-0.1, -0.05) is 90.1 Å². The molecule has 1 unspecified atom stereocenters. The normalized spacial score (nSPS) is 16.9. The molecule has 1 aliphatic carbocycles. The number of esters is 1. The summed E-state index contributed by atoms with van der Waals surface area (Å²) in [4.78, 5) is 42.5. The monoisotopic (exact) mass is 486 g/mol. The molecule has 2 rings (SSSR count). The van der Waals surface area contributed by atoms with Gasteiger partial charge in [0, 0.05) is 12.0 Å². The predicted octanol–water partition coefficient (Wildman–Crippen LogP) is 5.29. The first kappa shape index (κ1) is 28.9. The number of carbonyl (C=O) groups is 3. The molecule has 3 atom stereocenters. The van der Waals surface area contributed by atoms with Crippen molar-refractivity contribution in [1.82, 2.24) is 10.2 Å². The van der Waals surface area contributed by atoms with Crippen molar-refractivity contribution >= 4 is 17.8 Å². The fraction of sp³-hybridized carbons (Fsp3) is 0.690. The molecule has 6 heteroatoms. The Kier molecular flexibility index (Phi) is 12.3. The first-order valence-electron chi connectivity index (χ1n) is 13.6. The summed E-state index contributed by atoms with van der Waals surface area (Å²) in [6.07, 6.45) is 8.14. The summed E-state index contributed by atoms with van der Waals surface area (Å²) in [5.41, 5.74) is 1.06. The Bertz CT molecular complexity index is 789. The zero-order valence-electron chi connectivity index (χ0n) is 22.4. The van der Waals surface area contributed by atoms with E-state index in [2.05, 4.69) is 12.2 Å². The van der Waals surface area contributed by atoms with E-state index in [0.29, 0.717) is 12.8 Å². The van der Waals surface area contributed by atoms with Crippen molar-refractivity contribution < 1.29 is 19.1 Å². The summed E-state index contributed by atoms with van der Waals surface area (Å²) in [6, 6.07) is 8.52. The third-order valence-corrected chi connectivity index (χ3v) is 6.94. The van der Waals surface area contributed by atoms with Gasteiger partial charge in [-0.05, 0) is 44.1 Å². The molecule has 0 radical (unpaired) electrons. The van der Waals surface area contributed by atoms with E-state index in [9.17, 15) is 14.4 Å². The van der Waals surface area contributed by atoms with Gasteiger partial charge in [0.1, 0.15) is 12.1 Å². The van der Waals surface area contributed by atoms with Crippen molar-refractivity contribution in [3.05, 3.63) is 35.9 Å². The Morgan fingerprint density at radius 1 is 1.03 bits per heavy atom. The molecule has 196 valence electrons. The zero-order valence-corrected chi connectivity index (χ0v) is 22.4. The van der Waals surface area contributed by atoms with E-state index >= 15 is 0 Å². The number of ether oxygens (including phenoxy) is 1. The molecule has 2 amide bonds. The lowest BCUT2D eigenvalue weighted by molar-refractivity contribution is -0.162. The molecular formula is C29H46N2O4. The van der Waals surface area contributed by atoms with E-state index in [1.807, 2.05) is 51.1 Å². The fourth-order valence-electron chi connectivity index (χ4n) is 5.07. The molecule has 1 N–H and O–H groups in total. The molecule has 1 aliphatic rings. The third kappa shape index (κ3) is 8.66. The topological polar surface area (TPSA) is 75.7 Å². The maximum Gasteiger partial charge on any atom is 0.329 e. The number of nitrogens with zero attached hydrogens (tertiary/aromatic N) is 1. The second-order valence-electron chi connectivity index (χ2n) is 10.3. The van der Waals surface area contributed by atoms with Crippen LogP contribution in [-0.4, -0.2) is 47.4 Å². The largest absolute Gasteiger partial charge is 0.464 e. The Hall–Kier alpha value is -2.37. The summed E-state index contributed by atoms with van der Waals surface area (Å²) < 4.78 is 5.41. The van der Waals surface area contributed by atoms with E-state index in [-0.39, 0.29) is 36.3 Å². The summed E-state index contributed by atoms with van der Waals surface area (Å²) in [5, 5.41) is 3.23. The Labute approximate surface area is 212 Å². The van der Waals surface area contributed by atoms with Gasteiger partial charge in [-0.15, -0.1) is 0 Å². The van der Waals surface area contributed by atoms with Crippen LogP contribution in [0.2, 0.25) is 0 Å². The maximum absolute atomic E-state index is 14.0. The highest BCUT2D eigenvalue weighted by Gasteiger charge is 2.42. The summed E-state index contributed by atoms with van der Waals surface area (Å²) in [5.74, 6) is -1.30. The highest BCUT2D eigenvalue weighted by Crippen LogP contribution is 2.25. The number of hydrogen-bond acceptors (Lipinski definition) is 4. The Morgan fingerprint density at radius 2 is 1.69 bits per heavy atom. The van der Waals surface area contributed by atoms with Crippen molar-refractivity contribution in [2.75, 3.05) is 6.61 Å². The second kappa shape index (κ2) is 14.9. The number of carbonyl (C=O) groups excluding carboxylic acids is 3. The number of rotatable bonds is 13. The van der Waals surface area contributed by atoms with Crippen LogP contribution in [0.25, 0.3) is 0 Å². The molecule has 0 heterocycles. The highest BCUT2D eigenvalue weighted by molar-refractivity contribution is 5.92. The third-order valence-electron chi connectivity index (χ3n) is 6.94. The number of benzene rings is 1. The molecule has 1 aromatic rings. The molecule has 1 aromatic carbocycles. The lowest BCUT2D eigenvalue weighted by Crippen LogP contribution is -2.60. The van der Waals surface area contributed by atoms with Crippen LogP contribution in [0.1, 0.15) is 91.5 Å². The van der Waals surface area contributed by atoms with Gasteiger partial charge >= 0.3 is 5.97 Å². The van der Waals surface area contributed by atoms with Crippen LogP contribution in [0, 0.1) is 11.8 Å². The zero-order chi connectivity index (χ0) is 25.8. The van der Waals surface area contributed by atoms with Crippen LogP contribution in [-0.2, 0) is 25.5 Å². The molecule has 0 aromatic heterocycles. The van der Waals surface area contributed by atoms with Crippen molar-refractivity contribution in [2.24, 2.45) is 11.8 Å². The van der Waals surface area contributed by atoms with Gasteiger partial charge in [0.25, 0.3) is 0 Å². The van der Waals surface area contributed by atoms with Crippen molar-refractivity contribution in [3.63, 3.8) is 0 Å². The summed E-state index contributed by atoms with van der Waals surface area (Å²) >= 11 is 0. The van der Waals surface area contributed by atoms with Gasteiger partial charge in [0.2, 0.25) is 11.8 Å². The average Bonchev–Trinajstić information content (AvgIpc) is 2.84. The van der Waals surface area contributed by atoms with Crippen molar-refractivity contribution in [1.29, 1.82) is 0 Å². The van der Waals surface area contributed by atoms with E-state index in [1.165, 1.54) is 6.42 Å². The van der Waals surface area contributed by atoms with E-state index in [1.54, 1.807) is 11.8 Å². The van der Waals surface area contributed by atoms with E-state index in [0.717, 1.165) is 44.1 Å². The predicted molar refractivity (Wildman–Crippen MR) is 140 cm³/mol. The first-order chi connectivity index (χ1) is 16.8. The summed E-state index contributed by atoms with van der Waals surface area (Å²) in [7, 11) is 0. The smallest absolute Gasteiger partial charge is 0.329 e. The van der Waals surface area contributed by atoms with Gasteiger partial charge in [0.15, 0.2) is 0 Å². The SMILES string of the molecule is CCCCC(C(=O)NC1CCCCC1)N(C(=O)[C@@H](C)Cc1ccccc1)[C@H](C(=O)OCC)C(C)C. The molecule has 1 saturated carbocycles. The van der Waals surface area contributed by atoms with E-state index in [4.69, 9.17) is 4.74 Å². The molecular weight excluding hydrogens is 440 g/mol. The first-order valence-corrected chi connectivity index (χ1v) is 13.6. The van der Waals surface area contributed by atoms with Crippen LogP contribution in [0.3, 0.4) is 0 Å². The van der Waals surface area contributed by atoms with Crippen molar-refractivity contribution in [2.45, 2.75) is 111 Å². The standard InChI is InChI=1S/C29H46N2O4/c1-6-8-19-25(27(32)30-24-17-13-10-14-18-24)31(26(21(3)4)29(34)35-7-2)28(33)22(5)20-23-15-11-9-12-16-23/h9,11-12,15-16,21-22,24-26H,6-8,10,13-14,17-20H2,1-5H3,(H,30,32)/t22-,25?,26-/m0/s1. The lowest BCUT2D eigenvalue weighted by atomic mass is 9.92. The molecule has 1 fully saturated rings. The van der Waals surface area contributed by atoms with Gasteiger partial charge in [-0.3, -0.25) is 9.59 Å². The van der Waals surface area contributed by atoms with Gasteiger partial charge in [-0.2, -0.15) is 0 Å². The molecule has 35 heavy (non-hydrogen) atoms. The minimum atomic E-state index is -0.806. The second-order valence-corrected chi connectivity index (χ2v) is 10.3. The molecule has 0 spiro atoms. The van der Waals surface area contributed by atoms with Gasteiger partial charge in [-0.25, -0.2) is 4.79 Å². The quantitative estimate of drug-likeness (QED) is 0.385. The lowest BCUT2D eigenvalue weighted by Gasteiger charge is -2.40. The molecule has 6 nitrogen and oxygen atoms in total. The van der Waals surface area contributed by atoms with Crippen LogP contribution in [0.5, 0.6) is 0 Å². The Morgan fingerprint density at radius 3 is 2.26 bits per heavy atom. The van der Waals surface area contributed by atoms with Crippen LogP contribution in [0.15, 0.2) is 30.3 Å². The molecule has 0 aliphatic heterocycles. The van der Waals surface area contributed by atoms with E-state index < -0.39 is 18.1 Å².